The van der Waals surface area contributed by atoms with Crippen molar-refractivity contribution in [2.45, 2.75) is 0 Å². The Morgan fingerprint density at radius 3 is 2.54 bits per heavy atom. The number of nitrogens with zero attached hydrogens (tertiary/aromatic N) is 4. The van der Waals surface area contributed by atoms with Crippen molar-refractivity contribution in [2.75, 3.05) is 0 Å². The highest BCUT2D eigenvalue weighted by Gasteiger charge is 2.16. The van der Waals surface area contributed by atoms with Gasteiger partial charge in [0.1, 0.15) is 5.39 Å². The minimum absolute atomic E-state index is 0.126. The summed E-state index contributed by atoms with van der Waals surface area (Å²) < 4.78 is 3.33. The van der Waals surface area contributed by atoms with E-state index in [1.807, 2.05) is 60.0 Å². The van der Waals surface area contributed by atoms with Crippen LogP contribution in [0.1, 0.15) is 0 Å². The van der Waals surface area contributed by atoms with Gasteiger partial charge >= 0.3 is 0 Å². The van der Waals surface area contributed by atoms with E-state index in [0.717, 1.165) is 16.9 Å². The average molecular weight is 379 g/mol. The molecule has 5 aromatic rings. The molecule has 126 valence electrons. The van der Waals surface area contributed by atoms with Crippen molar-refractivity contribution in [3.8, 4) is 16.9 Å². The maximum Gasteiger partial charge on any atom is 0.270 e. The van der Waals surface area contributed by atoms with E-state index in [9.17, 15) is 4.79 Å². The number of benzene rings is 2. The van der Waals surface area contributed by atoms with Crippen LogP contribution in [0.5, 0.6) is 0 Å². The zero-order valence-corrected chi connectivity index (χ0v) is 14.9. The minimum Gasteiger partial charge on any atom is -0.268 e. The lowest BCUT2D eigenvalue weighted by Gasteiger charge is -2.04. The van der Waals surface area contributed by atoms with Gasteiger partial charge in [-0.15, -0.1) is 11.3 Å². The molecule has 0 amide bonds. The average Bonchev–Trinajstić information content (AvgIpc) is 3.28. The summed E-state index contributed by atoms with van der Waals surface area (Å²) in [7, 11) is 0. The number of fused-ring (bicyclic) bond motifs is 2. The van der Waals surface area contributed by atoms with Gasteiger partial charge in [-0.25, -0.2) is 4.68 Å². The second-order valence-electron chi connectivity index (χ2n) is 5.79. The molecule has 2 aromatic carbocycles. The van der Waals surface area contributed by atoms with Gasteiger partial charge < -0.3 is 0 Å². The van der Waals surface area contributed by atoms with Crippen LogP contribution in [0, 0.1) is 0 Å². The van der Waals surface area contributed by atoms with Gasteiger partial charge in [0.25, 0.3) is 5.56 Å². The standard InChI is InChI=1S/C19H11ClN4OS/c20-13-8-6-12(7-9-13)16-11-26-19-22-17-15(18(25)23(16)19)10-21-24(17)14-4-2-1-3-5-14/h1-11H. The molecule has 5 rings (SSSR count). The quantitative estimate of drug-likeness (QED) is 0.457. The maximum atomic E-state index is 13.1. The fourth-order valence-corrected chi connectivity index (χ4v) is 3.99. The lowest BCUT2D eigenvalue weighted by molar-refractivity contribution is 0.897. The highest BCUT2D eigenvalue weighted by molar-refractivity contribution is 7.15. The zero-order chi connectivity index (χ0) is 17.7. The van der Waals surface area contributed by atoms with Gasteiger partial charge in [-0.3, -0.25) is 9.20 Å². The van der Waals surface area contributed by atoms with Gasteiger partial charge in [0.15, 0.2) is 10.6 Å². The molecule has 0 aliphatic carbocycles. The molecule has 0 bridgehead atoms. The second-order valence-corrected chi connectivity index (χ2v) is 7.06. The van der Waals surface area contributed by atoms with Crippen LogP contribution >= 0.6 is 22.9 Å². The van der Waals surface area contributed by atoms with Crippen LogP contribution in [0.15, 0.2) is 71.0 Å². The summed E-state index contributed by atoms with van der Waals surface area (Å²) in [5.41, 5.74) is 3.02. The number of hydrogen-bond donors (Lipinski definition) is 0. The molecule has 0 radical (unpaired) electrons. The Hall–Kier alpha value is -2.96. The van der Waals surface area contributed by atoms with E-state index in [-0.39, 0.29) is 5.56 Å². The minimum atomic E-state index is -0.126. The predicted octanol–water partition coefficient (Wildman–Crippen LogP) is 4.42. The summed E-state index contributed by atoms with van der Waals surface area (Å²) >= 11 is 7.40. The van der Waals surface area contributed by atoms with Crippen LogP contribution in [0.4, 0.5) is 0 Å². The molecule has 0 saturated carbocycles. The van der Waals surface area contributed by atoms with Gasteiger partial charge in [0.05, 0.1) is 17.6 Å². The number of aromatic nitrogens is 4. The topological polar surface area (TPSA) is 52.2 Å². The van der Waals surface area contributed by atoms with Crippen molar-refractivity contribution in [1.82, 2.24) is 19.2 Å². The Balaban J connectivity index is 1.79. The van der Waals surface area contributed by atoms with E-state index >= 15 is 0 Å². The van der Waals surface area contributed by atoms with Crippen molar-refractivity contribution >= 4 is 38.9 Å². The van der Waals surface area contributed by atoms with E-state index < -0.39 is 0 Å². The van der Waals surface area contributed by atoms with Crippen molar-refractivity contribution in [3.05, 3.63) is 81.6 Å². The van der Waals surface area contributed by atoms with Crippen LogP contribution in [-0.4, -0.2) is 19.2 Å². The van der Waals surface area contributed by atoms with E-state index in [2.05, 4.69) is 5.10 Å². The highest BCUT2D eigenvalue weighted by Crippen LogP contribution is 2.26. The van der Waals surface area contributed by atoms with Crippen LogP contribution in [0.25, 0.3) is 32.9 Å². The van der Waals surface area contributed by atoms with Crippen LogP contribution < -0.4 is 5.56 Å². The van der Waals surface area contributed by atoms with Gasteiger partial charge in [-0.2, -0.15) is 10.1 Å². The van der Waals surface area contributed by atoms with Crippen molar-refractivity contribution in [1.29, 1.82) is 0 Å². The molecule has 0 saturated heterocycles. The number of halogens is 1. The molecule has 0 aliphatic rings. The Morgan fingerprint density at radius 2 is 1.77 bits per heavy atom. The van der Waals surface area contributed by atoms with E-state index in [1.54, 1.807) is 15.3 Å². The summed E-state index contributed by atoms with van der Waals surface area (Å²) in [4.78, 5) is 18.4. The first-order chi connectivity index (χ1) is 12.7. The van der Waals surface area contributed by atoms with Crippen LogP contribution in [0.2, 0.25) is 5.02 Å². The third-order valence-corrected chi connectivity index (χ3v) is 5.31. The van der Waals surface area contributed by atoms with Crippen LogP contribution in [0.3, 0.4) is 0 Å². The molecule has 5 nitrogen and oxygen atoms in total. The number of para-hydroxylation sites is 1. The van der Waals surface area contributed by atoms with Gasteiger partial charge in [0, 0.05) is 10.4 Å². The largest absolute Gasteiger partial charge is 0.270 e. The Morgan fingerprint density at radius 1 is 1.00 bits per heavy atom. The fourth-order valence-electron chi connectivity index (χ4n) is 2.98. The molecule has 0 unspecified atom stereocenters. The maximum absolute atomic E-state index is 13.1. The normalized spacial score (nSPS) is 11.4. The molecular formula is C19H11ClN4OS. The molecule has 0 atom stereocenters. The van der Waals surface area contributed by atoms with Gasteiger partial charge in [-0.05, 0) is 29.8 Å². The van der Waals surface area contributed by atoms with E-state index in [4.69, 9.17) is 16.6 Å². The van der Waals surface area contributed by atoms with Gasteiger partial charge in [-0.1, -0.05) is 41.9 Å². The highest BCUT2D eigenvalue weighted by atomic mass is 35.5. The molecule has 3 heterocycles. The van der Waals surface area contributed by atoms with E-state index in [1.165, 1.54) is 11.3 Å². The van der Waals surface area contributed by atoms with Crippen LogP contribution in [-0.2, 0) is 0 Å². The van der Waals surface area contributed by atoms with Crippen molar-refractivity contribution < 1.29 is 0 Å². The molecule has 0 fully saturated rings. The lowest BCUT2D eigenvalue weighted by Crippen LogP contribution is -2.14. The Kier molecular flexibility index (Phi) is 3.41. The zero-order valence-electron chi connectivity index (χ0n) is 13.3. The molecule has 26 heavy (non-hydrogen) atoms. The van der Waals surface area contributed by atoms with E-state index in [0.29, 0.717) is 21.0 Å². The smallest absolute Gasteiger partial charge is 0.268 e. The first kappa shape index (κ1) is 15.3. The fraction of sp³-hybridized carbons (Fsp3) is 0. The van der Waals surface area contributed by atoms with Crippen molar-refractivity contribution in [3.63, 3.8) is 0 Å². The molecule has 0 N–H and O–H groups in total. The summed E-state index contributed by atoms with van der Waals surface area (Å²) in [6, 6.07) is 17.1. The summed E-state index contributed by atoms with van der Waals surface area (Å²) in [5, 5.41) is 7.45. The first-order valence-electron chi connectivity index (χ1n) is 7.92. The predicted molar refractivity (Wildman–Crippen MR) is 104 cm³/mol. The number of hydrogen-bond acceptors (Lipinski definition) is 4. The lowest BCUT2D eigenvalue weighted by atomic mass is 10.2. The molecule has 7 heteroatoms. The number of thiazole rings is 1. The van der Waals surface area contributed by atoms with Crippen molar-refractivity contribution in [2.24, 2.45) is 0 Å². The third kappa shape index (κ3) is 2.27. The monoisotopic (exact) mass is 378 g/mol. The second kappa shape index (κ2) is 5.79. The third-order valence-electron chi connectivity index (χ3n) is 4.23. The Labute approximate surface area is 156 Å². The SMILES string of the molecule is O=c1c2cnn(-c3ccccc3)c2nc2scc(-c3ccc(Cl)cc3)n12. The summed E-state index contributed by atoms with van der Waals surface area (Å²) in [6.45, 7) is 0. The first-order valence-corrected chi connectivity index (χ1v) is 9.17. The molecule has 0 spiro atoms. The number of rotatable bonds is 2. The molecule has 3 aromatic heterocycles. The molecular weight excluding hydrogens is 368 g/mol. The molecule has 0 aliphatic heterocycles. The Bertz CT molecular complexity index is 1300. The summed E-state index contributed by atoms with van der Waals surface area (Å²) in [6.07, 6.45) is 1.58. The summed E-state index contributed by atoms with van der Waals surface area (Å²) in [5.74, 6) is 0. The van der Waals surface area contributed by atoms with Gasteiger partial charge in [0.2, 0.25) is 0 Å².